The number of rotatable bonds is 6. The molecule has 1 aliphatic heterocycles. The van der Waals surface area contributed by atoms with Crippen molar-refractivity contribution in [2.75, 3.05) is 51.5 Å². The molecule has 0 amide bonds. The summed E-state index contributed by atoms with van der Waals surface area (Å²) in [6, 6.07) is 5.81. The molecule has 1 aliphatic rings. The number of nitrogens with zero attached hydrogens (tertiary/aromatic N) is 5. The molecule has 0 N–H and O–H groups in total. The SMILES string of the molecule is COCCOc1ccc(-c2cnc3c(N4CCOCC4)ccnn23)cn1. The first-order valence-electron chi connectivity index (χ1n) is 8.60. The van der Waals surface area contributed by atoms with E-state index in [0.29, 0.717) is 19.1 Å². The van der Waals surface area contributed by atoms with Gasteiger partial charge in [-0.3, -0.25) is 0 Å². The molecule has 0 atom stereocenters. The zero-order valence-electron chi connectivity index (χ0n) is 14.7. The number of hydrogen-bond donors (Lipinski definition) is 0. The van der Waals surface area contributed by atoms with Crippen molar-refractivity contribution in [3.63, 3.8) is 0 Å². The van der Waals surface area contributed by atoms with Gasteiger partial charge in [0, 0.05) is 38.0 Å². The molecule has 8 heteroatoms. The lowest BCUT2D eigenvalue weighted by Crippen LogP contribution is -2.36. The lowest BCUT2D eigenvalue weighted by Gasteiger charge is -2.28. The summed E-state index contributed by atoms with van der Waals surface area (Å²) in [5.74, 6) is 0.571. The molecule has 0 radical (unpaired) electrons. The van der Waals surface area contributed by atoms with Crippen LogP contribution in [0.15, 0.2) is 36.8 Å². The summed E-state index contributed by atoms with van der Waals surface area (Å²) in [6.07, 6.45) is 5.40. The average Bonchev–Trinajstić information content (AvgIpc) is 3.14. The molecule has 26 heavy (non-hydrogen) atoms. The van der Waals surface area contributed by atoms with Crippen LogP contribution in [0, 0.1) is 0 Å². The predicted octanol–water partition coefficient (Wildman–Crippen LogP) is 1.65. The number of morpholine rings is 1. The standard InChI is InChI=1S/C18H21N5O3/c1-24-10-11-26-17-3-2-14(12-19-17)16-13-20-18-15(4-5-21-23(16)18)22-6-8-25-9-7-22/h2-5,12-13H,6-11H2,1H3. The molecule has 1 saturated heterocycles. The third kappa shape index (κ3) is 3.33. The number of aromatic nitrogens is 4. The predicted molar refractivity (Wildman–Crippen MR) is 96.6 cm³/mol. The Hall–Kier alpha value is -2.71. The van der Waals surface area contributed by atoms with E-state index in [1.807, 2.05) is 28.9 Å². The van der Waals surface area contributed by atoms with E-state index in [9.17, 15) is 0 Å². The van der Waals surface area contributed by atoms with Crippen molar-refractivity contribution in [3.05, 3.63) is 36.8 Å². The van der Waals surface area contributed by atoms with Gasteiger partial charge in [0.1, 0.15) is 6.61 Å². The molecule has 3 aromatic rings. The van der Waals surface area contributed by atoms with Gasteiger partial charge >= 0.3 is 0 Å². The zero-order valence-corrected chi connectivity index (χ0v) is 14.7. The van der Waals surface area contributed by atoms with E-state index < -0.39 is 0 Å². The molecule has 0 spiro atoms. The number of ether oxygens (including phenoxy) is 3. The third-order valence-electron chi connectivity index (χ3n) is 4.30. The maximum atomic E-state index is 5.51. The van der Waals surface area contributed by atoms with Crippen molar-refractivity contribution < 1.29 is 14.2 Å². The van der Waals surface area contributed by atoms with Gasteiger partial charge in [0.2, 0.25) is 5.88 Å². The molecule has 4 heterocycles. The first kappa shape index (κ1) is 16.7. The van der Waals surface area contributed by atoms with Gasteiger partial charge in [0.05, 0.1) is 43.6 Å². The van der Waals surface area contributed by atoms with Gasteiger partial charge in [0.15, 0.2) is 5.65 Å². The van der Waals surface area contributed by atoms with Gasteiger partial charge in [-0.25, -0.2) is 14.5 Å². The molecule has 0 bridgehead atoms. The summed E-state index contributed by atoms with van der Waals surface area (Å²) in [5, 5.41) is 4.48. The Morgan fingerprint density at radius 1 is 1.08 bits per heavy atom. The average molecular weight is 355 g/mol. The lowest BCUT2D eigenvalue weighted by molar-refractivity contribution is 0.123. The number of hydrogen-bond acceptors (Lipinski definition) is 7. The molecule has 3 aromatic heterocycles. The minimum absolute atomic E-state index is 0.475. The zero-order chi connectivity index (χ0) is 17.8. The van der Waals surface area contributed by atoms with Crippen LogP contribution in [-0.4, -0.2) is 66.2 Å². The van der Waals surface area contributed by atoms with Crippen molar-refractivity contribution in [1.29, 1.82) is 0 Å². The summed E-state index contributed by atoms with van der Waals surface area (Å²) >= 11 is 0. The molecular formula is C18H21N5O3. The highest BCUT2D eigenvalue weighted by molar-refractivity contribution is 5.73. The van der Waals surface area contributed by atoms with Crippen molar-refractivity contribution in [2.45, 2.75) is 0 Å². The summed E-state index contributed by atoms with van der Waals surface area (Å²) in [6.45, 7) is 4.19. The van der Waals surface area contributed by atoms with Gasteiger partial charge < -0.3 is 19.1 Å². The maximum Gasteiger partial charge on any atom is 0.213 e. The Morgan fingerprint density at radius 3 is 2.73 bits per heavy atom. The number of imidazole rings is 1. The Labute approximate surface area is 151 Å². The van der Waals surface area contributed by atoms with E-state index in [2.05, 4.69) is 20.0 Å². The van der Waals surface area contributed by atoms with Gasteiger partial charge in [-0.1, -0.05) is 0 Å². The molecule has 1 fully saturated rings. The fraction of sp³-hybridized carbons (Fsp3) is 0.389. The Bertz CT molecular complexity index is 859. The minimum Gasteiger partial charge on any atom is -0.475 e. The number of anilines is 1. The van der Waals surface area contributed by atoms with E-state index >= 15 is 0 Å². The highest BCUT2D eigenvalue weighted by Gasteiger charge is 2.17. The molecule has 8 nitrogen and oxygen atoms in total. The number of methoxy groups -OCH3 is 1. The quantitative estimate of drug-likeness (QED) is 0.623. The van der Waals surface area contributed by atoms with Crippen LogP contribution in [-0.2, 0) is 9.47 Å². The normalized spacial score (nSPS) is 14.7. The summed E-state index contributed by atoms with van der Waals surface area (Å²) in [7, 11) is 1.64. The van der Waals surface area contributed by atoms with E-state index in [4.69, 9.17) is 14.2 Å². The van der Waals surface area contributed by atoms with E-state index in [0.717, 1.165) is 48.9 Å². The summed E-state index contributed by atoms with van der Waals surface area (Å²) < 4.78 is 17.8. The minimum atomic E-state index is 0.475. The van der Waals surface area contributed by atoms with Gasteiger partial charge in [-0.2, -0.15) is 5.10 Å². The van der Waals surface area contributed by atoms with Gasteiger partial charge in [-0.15, -0.1) is 0 Å². The van der Waals surface area contributed by atoms with Crippen molar-refractivity contribution in [3.8, 4) is 17.1 Å². The molecule has 0 aliphatic carbocycles. The van der Waals surface area contributed by atoms with Crippen molar-refractivity contribution >= 4 is 11.3 Å². The van der Waals surface area contributed by atoms with Crippen LogP contribution in [0.3, 0.4) is 0 Å². The van der Waals surface area contributed by atoms with E-state index in [-0.39, 0.29) is 0 Å². The molecule has 136 valence electrons. The topological polar surface area (TPSA) is 74.0 Å². The van der Waals surface area contributed by atoms with Crippen LogP contribution in [0.2, 0.25) is 0 Å². The number of pyridine rings is 1. The van der Waals surface area contributed by atoms with Gasteiger partial charge in [0.25, 0.3) is 0 Å². The maximum absolute atomic E-state index is 5.51. The van der Waals surface area contributed by atoms with Gasteiger partial charge in [-0.05, 0) is 12.1 Å². The monoisotopic (exact) mass is 355 g/mol. The molecule has 0 saturated carbocycles. The first-order valence-corrected chi connectivity index (χ1v) is 8.60. The van der Waals surface area contributed by atoms with Crippen LogP contribution in [0.4, 0.5) is 5.69 Å². The van der Waals surface area contributed by atoms with Crippen molar-refractivity contribution in [2.24, 2.45) is 0 Å². The second kappa shape index (κ2) is 7.67. The largest absolute Gasteiger partial charge is 0.475 e. The molecule has 4 rings (SSSR count). The van der Waals surface area contributed by atoms with Crippen LogP contribution in [0.5, 0.6) is 5.88 Å². The van der Waals surface area contributed by atoms with Crippen LogP contribution < -0.4 is 9.64 Å². The second-order valence-electron chi connectivity index (χ2n) is 5.92. The third-order valence-corrected chi connectivity index (χ3v) is 4.30. The Morgan fingerprint density at radius 2 is 1.96 bits per heavy atom. The first-order chi connectivity index (χ1) is 12.9. The van der Waals surface area contributed by atoms with E-state index in [1.54, 1.807) is 19.5 Å². The molecular weight excluding hydrogens is 334 g/mol. The van der Waals surface area contributed by atoms with Crippen molar-refractivity contribution in [1.82, 2.24) is 19.6 Å². The fourth-order valence-electron chi connectivity index (χ4n) is 2.98. The molecule has 0 aromatic carbocycles. The summed E-state index contributed by atoms with van der Waals surface area (Å²) in [4.78, 5) is 11.2. The van der Waals surface area contributed by atoms with Crippen LogP contribution in [0.25, 0.3) is 16.9 Å². The summed E-state index contributed by atoms with van der Waals surface area (Å²) in [5.41, 5.74) is 3.74. The van der Waals surface area contributed by atoms with Crippen LogP contribution >= 0.6 is 0 Å². The number of fused-ring (bicyclic) bond motifs is 1. The van der Waals surface area contributed by atoms with E-state index in [1.165, 1.54) is 0 Å². The highest BCUT2D eigenvalue weighted by Crippen LogP contribution is 2.26. The smallest absolute Gasteiger partial charge is 0.213 e. The lowest BCUT2D eigenvalue weighted by atomic mass is 10.2. The second-order valence-corrected chi connectivity index (χ2v) is 5.92. The highest BCUT2D eigenvalue weighted by atomic mass is 16.5. The molecule has 0 unspecified atom stereocenters. The Kier molecular flexibility index (Phi) is 4.94. The fourth-order valence-corrected chi connectivity index (χ4v) is 2.98. The van der Waals surface area contributed by atoms with Crippen LogP contribution in [0.1, 0.15) is 0 Å². The Balaban J connectivity index is 1.61.